The van der Waals surface area contributed by atoms with Crippen molar-refractivity contribution in [2.45, 2.75) is 27.0 Å². The maximum Gasteiger partial charge on any atom is 0.248 e. The van der Waals surface area contributed by atoms with Crippen LogP contribution in [0.25, 0.3) is 6.08 Å². The number of carbonyl (C=O) groups excluding carboxylic acids is 1. The molecule has 3 aromatic carbocycles. The largest absolute Gasteiger partial charge is 0.496 e. The van der Waals surface area contributed by atoms with E-state index in [9.17, 15) is 4.79 Å². The van der Waals surface area contributed by atoms with Crippen molar-refractivity contribution >= 4 is 56.8 Å². The van der Waals surface area contributed by atoms with Crippen molar-refractivity contribution < 1.29 is 14.3 Å². The number of nitrogens with one attached hydrogen (secondary N) is 1. The van der Waals surface area contributed by atoms with Gasteiger partial charge in [-0.1, -0.05) is 41.4 Å². The zero-order valence-electron chi connectivity index (χ0n) is 21.1. The normalized spacial score (nSPS) is 11.1. The highest BCUT2D eigenvalue weighted by atomic mass is 79.9. The quantitative estimate of drug-likeness (QED) is 0.195. The molecule has 1 aromatic heterocycles. The molecular formula is C29H26BrCl2N3O3. The van der Waals surface area contributed by atoms with E-state index in [1.165, 1.54) is 6.08 Å². The van der Waals surface area contributed by atoms with Crippen LogP contribution in [-0.4, -0.2) is 22.8 Å². The number of hydrogen-bond acceptors (Lipinski definition) is 4. The second-order valence-electron chi connectivity index (χ2n) is 8.59. The van der Waals surface area contributed by atoms with Gasteiger partial charge in [-0.05, 0) is 89.4 Å². The summed E-state index contributed by atoms with van der Waals surface area (Å²) in [6.45, 7) is 4.67. The second-order valence-corrected chi connectivity index (χ2v) is 10.3. The second kappa shape index (κ2) is 12.5. The lowest BCUT2D eigenvalue weighted by Crippen LogP contribution is -2.10. The first kappa shape index (κ1) is 27.8. The number of anilines is 1. The minimum atomic E-state index is -0.249. The predicted octanol–water partition coefficient (Wildman–Crippen LogP) is 7.86. The van der Waals surface area contributed by atoms with Gasteiger partial charge in [0.25, 0.3) is 0 Å². The van der Waals surface area contributed by atoms with Crippen LogP contribution in [0.1, 0.15) is 28.1 Å². The van der Waals surface area contributed by atoms with Crippen LogP contribution in [-0.2, 0) is 17.9 Å². The fourth-order valence-corrected chi connectivity index (χ4v) is 4.82. The molecule has 6 nitrogen and oxygen atoms in total. The molecule has 1 N–H and O–H groups in total. The van der Waals surface area contributed by atoms with Crippen LogP contribution in [0.4, 0.5) is 5.69 Å². The third-order valence-electron chi connectivity index (χ3n) is 5.88. The SMILES string of the molecule is COc1ccc(/C=C/C(=O)Nc2c(C)nn(Cc3ccc(Cl)cc3)c2C)cc1COc1ccc(Cl)cc1Br. The molecule has 0 aliphatic heterocycles. The van der Waals surface area contributed by atoms with Gasteiger partial charge >= 0.3 is 0 Å². The van der Waals surface area contributed by atoms with Crippen LogP contribution in [0, 0.1) is 13.8 Å². The summed E-state index contributed by atoms with van der Waals surface area (Å²) in [7, 11) is 1.61. The lowest BCUT2D eigenvalue weighted by atomic mass is 10.1. The maximum absolute atomic E-state index is 12.8. The number of aromatic nitrogens is 2. The number of rotatable bonds is 9. The molecule has 38 heavy (non-hydrogen) atoms. The van der Waals surface area contributed by atoms with Gasteiger partial charge in [0.15, 0.2) is 0 Å². The molecule has 0 unspecified atom stereocenters. The summed E-state index contributed by atoms with van der Waals surface area (Å²) in [4.78, 5) is 12.8. The third-order valence-corrected chi connectivity index (χ3v) is 6.99. The Labute approximate surface area is 240 Å². The minimum absolute atomic E-state index is 0.249. The number of amides is 1. The van der Waals surface area contributed by atoms with Crippen LogP contribution in [0.2, 0.25) is 10.0 Å². The van der Waals surface area contributed by atoms with Gasteiger partial charge in [0.2, 0.25) is 5.91 Å². The molecule has 196 valence electrons. The summed E-state index contributed by atoms with van der Waals surface area (Å²) in [6.07, 6.45) is 3.25. The predicted molar refractivity (Wildman–Crippen MR) is 156 cm³/mol. The third kappa shape index (κ3) is 6.98. The molecule has 0 aliphatic rings. The number of carbonyl (C=O) groups is 1. The first-order chi connectivity index (χ1) is 18.2. The average molecular weight is 615 g/mol. The Morgan fingerprint density at radius 1 is 1.03 bits per heavy atom. The van der Waals surface area contributed by atoms with Gasteiger partial charge in [0, 0.05) is 21.7 Å². The molecule has 0 atom stereocenters. The van der Waals surface area contributed by atoms with E-state index < -0.39 is 0 Å². The van der Waals surface area contributed by atoms with Crippen molar-refractivity contribution in [1.29, 1.82) is 0 Å². The lowest BCUT2D eigenvalue weighted by molar-refractivity contribution is -0.111. The van der Waals surface area contributed by atoms with Gasteiger partial charge in [-0.25, -0.2) is 0 Å². The minimum Gasteiger partial charge on any atom is -0.496 e. The number of nitrogens with zero attached hydrogens (tertiary/aromatic N) is 2. The number of ether oxygens (including phenoxy) is 2. The fraction of sp³-hybridized carbons (Fsp3) is 0.172. The molecule has 0 aliphatic carbocycles. The van der Waals surface area contributed by atoms with Gasteiger partial charge in [0.05, 0.1) is 35.2 Å². The summed E-state index contributed by atoms with van der Waals surface area (Å²) in [5.41, 5.74) is 5.06. The van der Waals surface area contributed by atoms with Gasteiger partial charge in [-0.15, -0.1) is 0 Å². The molecule has 0 fully saturated rings. The number of aryl methyl sites for hydroxylation is 1. The highest BCUT2D eigenvalue weighted by molar-refractivity contribution is 9.10. The van der Waals surface area contributed by atoms with Crippen LogP contribution in [0.15, 0.2) is 71.2 Å². The summed E-state index contributed by atoms with van der Waals surface area (Å²) >= 11 is 15.5. The lowest BCUT2D eigenvalue weighted by Gasteiger charge is -2.12. The first-order valence-electron chi connectivity index (χ1n) is 11.8. The molecule has 4 rings (SSSR count). The van der Waals surface area contributed by atoms with Gasteiger partial charge < -0.3 is 14.8 Å². The average Bonchev–Trinajstić information content (AvgIpc) is 3.15. The number of halogens is 3. The Morgan fingerprint density at radius 3 is 2.45 bits per heavy atom. The molecule has 0 spiro atoms. The Bertz CT molecular complexity index is 1480. The standard InChI is InChI=1S/C29H26BrCl2N3O3/c1-18-29(19(2)35(34-18)16-21-4-8-23(31)9-5-21)33-28(36)13-7-20-6-11-26(37-3)22(14-20)17-38-27-12-10-24(32)15-25(27)30/h4-15H,16-17H2,1-3H3,(H,33,36)/b13-7+. The molecule has 0 saturated carbocycles. The Morgan fingerprint density at radius 2 is 1.74 bits per heavy atom. The highest BCUT2D eigenvalue weighted by Gasteiger charge is 2.14. The van der Waals surface area contributed by atoms with E-state index in [0.717, 1.165) is 32.6 Å². The molecule has 1 heterocycles. The van der Waals surface area contributed by atoms with Crippen molar-refractivity contribution in [3.05, 3.63) is 109 Å². The smallest absolute Gasteiger partial charge is 0.248 e. The van der Waals surface area contributed by atoms with Crippen molar-refractivity contribution in [3.8, 4) is 11.5 Å². The highest BCUT2D eigenvalue weighted by Crippen LogP contribution is 2.30. The number of methoxy groups -OCH3 is 1. The molecule has 4 aromatic rings. The first-order valence-corrected chi connectivity index (χ1v) is 13.3. The topological polar surface area (TPSA) is 65.4 Å². The van der Waals surface area contributed by atoms with Crippen molar-refractivity contribution in [2.75, 3.05) is 12.4 Å². The van der Waals surface area contributed by atoms with E-state index in [-0.39, 0.29) is 12.5 Å². The van der Waals surface area contributed by atoms with Crippen LogP contribution in [0.5, 0.6) is 11.5 Å². The zero-order valence-corrected chi connectivity index (χ0v) is 24.2. The molecule has 9 heteroatoms. The summed E-state index contributed by atoms with van der Waals surface area (Å²) < 4.78 is 14.1. The Balaban J connectivity index is 1.43. The van der Waals surface area contributed by atoms with E-state index in [0.29, 0.717) is 33.8 Å². The maximum atomic E-state index is 12.8. The van der Waals surface area contributed by atoms with Crippen molar-refractivity contribution in [3.63, 3.8) is 0 Å². The Kier molecular flexibility index (Phi) is 9.15. The van der Waals surface area contributed by atoms with E-state index >= 15 is 0 Å². The van der Waals surface area contributed by atoms with Gasteiger partial charge in [-0.3, -0.25) is 9.48 Å². The van der Waals surface area contributed by atoms with Crippen molar-refractivity contribution in [2.24, 2.45) is 0 Å². The van der Waals surface area contributed by atoms with E-state index in [1.54, 1.807) is 31.4 Å². The zero-order chi connectivity index (χ0) is 27.2. The van der Waals surface area contributed by atoms with Gasteiger partial charge in [-0.2, -0.15) is 5.10 Å². The molecule has 0 saturated heterocycles. The van der Waals surface area contributed by atoms with Crippen LogP contribution in [0.3, 0.4) is 0 Å². The van der Waals surface area contributed by atoms with Crippen molar-refractivity contribution in [1.82, 2.24) is 9.78 Å². The molecule has 1 amide bonds. The van der Waals surface area contributed by atoms with E-state index in [1.807, 2.05) is 61.0 Å². The summed E-state index contributed by atoms with van der Waals surface area (Å²) in [6, 6.07) is 18.6. The van der Waals surface area contributed by atoms with Crippen LogP contribution >= 0.6 is 39.1 Å². The molecular weight excluding hydrogens is 589 g/mol. The van der Waals surface area contributed by atoms with E-state index in [2.05, 4.69) is 26.3 Å². The summed E-state index contributed by atoms with van der Waals surface area (Å²) in [5, 5.41) is 8.86. The summed E-state index contributed by atoms with van der Waals surface area (Å²) in [5.74, 6) is 1.11. The van der Waals surface area contributed by atoms with E-state index in [4.69, 9.17) is 32.7 Å². The van der Waals surface area contributed by atoms with Gasteiger partial charge in [0.1, 0.15) is 18.1 Å². The molecule has 0 bridgehead atoms. The molecule has 0 radical (unpaired) electrons. The fourth-order valence-electron chi connectivity index (χ4n) is 3.89. The number of benzene rings is 3. The monoisotopic (exact) mass is 613 g/mol. The Hall–Kier alpha value is -3.26. The number of hydrogen-bond donors (Lipinski definition) is 1. The van der Waals surface area contributed by atoms with Crippen LogP contribution < -0.4 is 14.8 Å².